The quantitative estimate of drug-likeness (QED) is 0.334. The third kappa shape index (κ3) is 5.99. The van der Waals surface area contributed by atoms with Crippen molar-refractivity contribution in [3.63, 3.8) is 0 Å². The van der Waals surface area contributed by atoms with Crippen LogP contribution >= 0.6 is 23.1 Å². The van der Waals surface area contributed by atoms with Crippen LogP contribution in [-0.4, -0.2) is 36.4 Å². The predicted molar refractivity (Wildman–Crippen MR) is 105 cm³/mol. The summed E-state index contributed by atoms with van der Waals surface area (Å²) in [4.78, 5) is 28.8. The molecule has 0 aliphatic heterocycles. The smallest absolute Gasteiger partial charge is 0.309 e. The van der Waals surface area contributed by atoms with Gasteiger partial charge in [0.1, 0.15) is 0 Å². The van der Waals surface area contributed by atoms with E-state index in [9.17, 15) is 9.59 Å². The fourth-order valence-electron chi connectivity index (χ4n) is 2.48. The number of thiazole rings is 1. The number of methoxy groups -OCH3 is 1. The van der Waals surface area contributed by atoms with Crippen LogP contribution in [0.5, 0.6) is 0 Å². The number of aromatic nitrogens is 1. The van der Waals surface area contributed by atoms with Gasteiger partial charge in [-0.2, -0.15) is 0 Å². The Bertz CT molecular complexity index is 698. The van der Waals surface area contributed by atoms with Crippen molar-refractivity contribution in [2.75, 3.05) is 19.5 Å². The van der Waals surface area contributed by atoms with Gasteiger partial charge in [0.15, 0.2) is 4.34 Å². The number of rotatable bonds is 10. The van der Waals surface area contributed by atoms with Crippen LogP contribution in [0.2, 0.25) is 0 Å². The van der Waals surface area contributed by atoms with Gasteiger partial charge in [-0.15, -0.1) is 11.3 Å². The Morgan fingerprint density at radius 2 is 2.04 bits per heavy atom. The first kappa shape index (κ1) is 20.7. The molecule has 142 valence electrons. The second-order valence-electron chi connectivity index (χ2n) is 6.14. The first-order valence-corrected chi connectivity index (χ1v) is 10.6. The molecule has 26 heavy (non-hydrogen) atoms. The molecule has 0 saturated heterocycles. The molecule has 0 amide bonds. The number of hydrogen-bond donors (Lipinski definition) is 0. The summed E-state index contributed by atoms with van der Waals surface area (Å²) in [5.74, 6) is -0.728. The Labute approximate surface area is 162 Å². The lowest BCUT2D eigenvalue weighted by atomic mass is 9.97. The molecule has 0 aliphatic carbocycles. The van der Waals surface area contributed by atoms with Gasteiger partial charge in [0.2, 0.25) is 0 Å². The highest BCUT2D eigenvalue weighted by Crippen LogP contribution is 2.32. The van der Waals surface area contributed by atoms with Crippen LogP contribution in [-0.2, 0) is 19.1 Å². The Balaban J connectivity index is 2.01. The summed E-state index contributed by atoms with van der Waals surface area (Å²) in [6, 6.07) is 7.96. The first-order valence-electron chi connectivity index (χ1n) is 8.78. The van der Waals surface area contributed by atoms with Gasteiger partial charge in [-0.3, -0.25) is 9.59 Å². The van der Waals surface area contributed by atoms with E-state index in [-0.39, 0.29) is 23.8 Å². The van der Waals surface area contributed by atoms with Crippen molar-refractivity contribution in [1.29, 1.82) is 0 Å². The van der Waals surface area contributed by atoms with Gasteiger partial charge in [0, 0.05) is 5.75 Å². The molecule has 1 heterocycles. The molecule has 1 aromatic carbocycles. The predicted octanol–water partition coefficient (Wildman–Crippen LogP) is 4.55. The van der Waals surface area contributed by atoms with E-state index in [4.69, 9.17) is 9.47 Å². The standard InChI is InChI=1S/C19H25NO4S2/c1-4-5-10-24-18(22)14(11-13(2)17(21)23-3)12-25-19-20-15-8-6-7-9-16(15)26-19/h6-9,13-14H,4-5,10-12H2,1-3H3. The Morgan fingerprint density at radius 3 is 2.73 bits per heavy atom. The number of fused-ring (bicyclic) bond motifs is 1. The zero-order chi connectivity index (χ0) is 18.9. The normalized spacial score (nSPS) is 13.3. The molecule has 2 unspecified atom stereocenters. The van der Waals surface area contributed by atoms with E-state index in [1.807, 2.05) is 31.2 Å². The van der Waals surface area contributed by atoms with E-state index >= 15 is 0 Å². The zero-order valence-electron chi connectivity index (χ0n) is 15.4. The minimum Gasteiger partial charge on any atom is -0.469 e. The van der Waals surface area contributed by atoms with Gasteiger partial charge in [-0.05, 0) is 25.0 Å². The SMILES string of the molecule is CCCCOC(=O)C(CSc1nc2ccccc2s1)CC(C)C(=O)OC. The highest BCUT2D eigenvalue weighted by Gasteiger charge is 2.27. The second kappa shape index (κ2) is 10.5. The lowest BCUT2D eigenvalue weighted by molar-refractivity contribution is -0.150. The number of nitrogens with zero attached hydrogens (tertiary/aromatic N) is 1. The van der Waals surface area contributed by atoms with Crippen molar-refractivity contribution in [1.82, 2.24) is 4.98 Å². The zero-order valence-corrected chi connectivity index (χ0v) is 17.0. The summed E-state index contributed by atoms with van der Waals surface area (Å²) in [7, 11) is 1.36. The lowest BCUT2D eigenvalue weighted by Crippen LogP contribution is -2.26. The van der Waals surface area contributed by atoms with Crippen LogP contribution in [0.25, 0.3) is 10.2 Å². The number of carbonyl (C=O) groups excluding carboxylic acids is 2. The maximum absolute atomic E-state index is 12.5. The summed E-state index contributed by atoms with van der Waals surface area (Å²) in [6.07, 6.45) is 2.22. The molecule has 2 atom stereocenters. The van der Waals surface area contributed by atoms with E-state index in [1.54, 1.807) is 18.3 Å². The number of unbranched alkanes of at least 4 members (excludes halogenated alkanes) is 1. The fourth-order valence-corrected chi connectivity index (χ4v) is 4.66. The average molecular weight is 396 g/mol. The van der Waals surface area contributed by atoms with Crippen molar-refractivity contribution in [2.24, 2.45) is 11.8 Å². The number of thioether (sulfide) groups is 1. The minimum absolute atomic E-state index is 0.247. The summed E-state index contributed by atoms with van der Waals surface area (Å²) in [5.41, 5.74) is 0.963. The highest BCUT2D eigenvalue weighted by molar-refractivity contribution is 8.01. The van der Waals surface area contributed by atoms with Crippen molar-refractivity contribution >= 4 is 45.3 Å². The van der Waals surface area contributed by atoms with E-state index in [2.05, 4.69) is 4.98 Å². The van der Waals surface area contributed by atoms with Gasteiger partial charge in [-0.25, -0.2) is 4.98 Å². The minimum atomic E-state index is -0.363. The average Bonchev–Trinajstić information content (AvgIpc) is 3.07. The van der Waals surface area contributed by atoms with Gasteiger partial charge < -0.3 is 9.47 Å². The Morgan fingerprint density at radius 1 is 1.27 bits per heavy atom. The van der Waals surface area contributed by atoms with E-state index < -0.39 is 0 Å². The highest BCUT2D eigenvalue weighted by atomic mass is 32.2. The van der Waals surface area contributed by atoms with Gasteiger partial charge in [0.05, 0.1) is 35.8 Å². The van der Waals surface area contributed by atoms with Gasteiger partial charge in [0.25, 0.3) is 0 Å². The number of esters is 2. The largest absolute Gasteiger partial charge is 0.469 e. The molecular formula is C19H25NO4S2. The number of benzene rings is 1. The van der Waals surface area contributed by atoms with E-state index in [1.165, 1.54) is 18.9 Å². The molecule has 0 radical (unpaired) electrons. The van der Waals surface area contributed by atoms with E-state index in [0.29, 0.717) is 18.8 Å². The van der Waals surface area contributed by atoms with Crippen molar-refractivity contribution in [3.05, 3.63) is 24.3 Å². The summed E-state index contributed by atoms with van der Waals surface area (Å²) in [5, 5.41) is 0. The monoisotopic (exact) mass is 395 g/mol. The molecule has 2 rings (SSSR count). The lowest BCUT2D eigenvalue weighted by Gasteiger charge is -2.18. The van der Waals surface area contributed by atoms with Crippen molar-refractivity contribution in [3.8, 4) is 0 Å². The second-order valence-corrected chi connectivity index (χ2v) is 8.43. The Kier molecular flexibility index (Phi) is 8.38. The third-order valence-corrected chi connectivity index (χ3v) is 6.34. The van der Waals surface area contributed by atoms with Crippen LogP contribution in [0.3, 0.4) is 0 Å². The van der Waals surface area contributed by atoms with Gasteiger partial charge in [-0.1, -0.05) is 44.2 Å². The number of para-hydroxylation sites is 1. The van der Waals surface area contributed by atoms with Crippen LogP contribution in [0.4, 0.5) is 0 Å². The molecule has 0 saturated carbocycles. The molecule has 5 nitrogen and oxygen atoms in total. The Hall–Kier alpha value is -1.60. The maximum Gasteiger partial charge on any atom is 0.309 e. The van der Waals surface area contributed by atoms with Crippen LogP contribution in [0, 0.1) is 11.8 Å². The van der Waals surface area contributed by atoms with Crippen LogP contribution in [0.1, 0.15) is 33.1 Å². The number of hydrogen-bond acceptors (Lipinski definition) is 7. The van der Waals surface area contributed by atoms with Gasteiger partial charge >= 0.3 is 11.9 Å². The molecule has 2 aromatic rings. The van der Waals surface area contributed by atoms with Crippen LogP contribution in [0.15, 0.2) is 28.6 Å². The van der Waals surface area contributed by atoms with E-state index in [0.717, 1.165) is 27.4 Å². The molecule has 0 fully saturated rings. The topological polar surface area (TPSA) is 65.5 Å². The molecule has 0 spiro atoms. The number of ether oxygens (including phenoxy) is 2. The summed E-state index contributed by atoms with van der Waals surface area (Å²) < 4.78 is 12.2. The summed E-state index contributed by atoms with van der Waals surface area (Å²) >= 11 is 3.15. The maximum atomic E-state index is 12.5. The molecule has 0 bridgehead atoms. The molecule has 7 heteroatoms. The third-order valence-electron chi connectivity index (χ3n) is 4.00. The van der Waals surface area contributed by atoms with Crippen molar-refractivity contribution < 1.29 is 19.1 Å². The molecule has 1 aromatic heterocycles. The molecule has 0 aliphatic rings. The summed E-state index contributed by atoms with van der Waals surface area (Å²) in [6.45, 7) is 4.25. The van der Waals surface area contributed by atoms with Crippen LogP contribution < -0.4 is 0 Å². The molecule has 0 N–H and O–H groups in total. The van der Waals surface area contributed by atoms with Crippen molar-refractivity contribution in [2.45, 2.75) is 37.4 Å². The number of carbonyl (C=O) groups is 2. The fraction of sp³-hybridized carbons (Fsp3) is 0.526. The first-order chi connectivity index (χ1) is 12.5. The molecular weight excluding hydrogens is 370 g/mol.